The third-order valence-corrected chi connectivity index (χ3v) is 5.86. The van der Waals surface area contributed by atoms with E-state index in [0.29, 0.717) is 37.4 Å². The van der Waals surface area contributed by atoms with Crippen LogP contribution in [-0.2, 0) is 14.8 Å². The number of piperidine rings is 1. The molecule has 21 heavy (non-hydrogen) atoms. The summed E-state index contributed by atoms with van der Waals surface area (Å²) in [5, 5.41) is 0.395. The van der Waals surface area contributed by atoms with E-state index < -0.39 is 10.0 Å². The lowest BCUT2D eigenvalue weighted by molar-refractivity contribution is -0.119. The van der Waals surface area contributed by atoms with Gasteiger partial charge in [0, 0.05) is 24.5 Å². The third-order valence-electron chi connectivity index (χ3n) is 3.65. The van der Waals surface area contributed by atoms with Gasteiger partial charge in [-0.05, 0) is 37.0 Å². The molecule has 2 rings (SSSR count). The van der Waals surface area contributed by atoms with Crippen molar-refractivity contribution in [2.24, 2.45) is 11.7 Å². The van der Waals surface area contributed by atoms with Crippen molar-refractivity contribution >= 4 is 33.2 Å². The summed E-state index contributed by atoms with van der Waals surface area (Å²) in [6, 6.07) is 4.35. The van der Waals surface area contributed by atoms with E-state index in [1.165, 1.54) is 22.5 Å². The molecule has 0 aromatic heterocycles. The molecule has 6 nitrogen and oxygen atoms in total. The van der Waals surface area contributed by atoms with Crippen LogP contribution in [0.1, 0.15) is 19.3 Å². The highest BCUT2D eigenvalue weighted by molar-refractivity contribution is 7.89. The summed E-state index contributed by atoms with van der Waals surface area (Å²) < 4.78 is 26.5. The van der Waals surface area contributed by atoms with Crippen molar-refractivity contribution in [2.75, 3.05) is 18.8 Å². The highest BCUT2D eigenvalue weighted by atomic mass is 35.5. The van der Waals surface area contributed by atoms with Gasteiger partial charge in [0.25, 0.3) is 0 Å². The van der Waals surface area contributed by atoms with Crippen LogP contribution in [0.2, 0.25) is 5.02 Å². The molecular weight excluding hydrogens is 314 g/mol. The van der Waals surface area contributed by atoms with Gasteiger partial charge >= 0.3 is 0 Å². The van der Waals surface area contributed by atoms with E-state index in [0.717, 1.165) is 0 Å². The van der Waals surface area contributed by atoms with Crippen LogP contribution < -0.4 is 11.5 Å². The fraction of sp³-hybridized carbons (Fsp3) is 0.462. The van der Waals surface area contributed by atoms with Crippen LogP contribution in [0.5, 0.6) is 0 Å². The lowest BCUT2D eigenvalue weighted by Gasteiger charge is -2.31. The van der Waals surface area contributed by atoms with E-state index in [1.807, 2.05) is 0 Å². The number of carbonyl (C=O) groups is 1. The Hall–Kier alpha value is -1.31. The van der Waals surface area contributed by atoms with E-state index in [9.17, 15) is 13.2 Å². The average molecular weight is 332 g/mol. The maximum atomic E-state index is 12.6. The summed E-state index contributed by atoms with van der Waals surface area (Å²) >= 11 is 5.79. The van der Waals surface area contributed by atoms with Gasteiger partial charge in [-0.25, -0.2) is 8.42 Å². The van der Waals surface area contributed by atoms with Crippen molar-refractivity contribution in [1.29, 1.82) is 0 Å². The number of nitrogen functional groups attached to an aromatic ring is 1. The lowest BCUT2D eigenvalue weighted by atomic mass is 9.94. The molecule has 0 aliphatic carbocycles. The summed E-state index contributed by atoms with van der Waals surface area (Å²) in [5.41, 5.74) is 11.1. The second kappa shape index (κ2) is 6.21. The number of amides is 1. The molecular formula is C13H18ClN3O3S. The minimum atomic E-state index is -3.63. The van der Waals surface area contributed by atoms with E-state index in [2.05, 4.69) is 0 Å². The number of hydrogen-bond donors (Lipinski definition) is 2. The average Bonchev–Trinajstić information content (AvgIpc) is 2.38. The monoisotopic (exact) mass is 331 g/mol. The number of hydrogen-bond acceptors (Lipinski definition) is 4. The van der Waals surface area contributed by atoms with Crippen LogP contribution in [0, 0.1) is 5.92 Å². The molecule has 116 valence electrons. The predicted octanol–water partition coefficient (Wildman–Crippen LogP) is 1.20. The van der Waals surface area contributed by atoms with Crippen LogP contribution in [-0.4, -0.2) is 31.7 Å². The molecule has 1 aliphatic heterocycles. The molecule has 0 unspecified atom stereocenters. The number of halogens is 1. The number of sulfonamides is 1. The fourth-order valence-electron chi connectivity index (χ4n) is 2.53. The molecule has 0 radical (unpaired) electrons. The van der Waals surface area contributed by atoms with Gasteiger partial charge in [0.2, 0.25) is 15.9 Å². The smallest absolute Gasteiger partial charge is 0.245 e. The van der Waals surface area contributed by atoms with E-state index in [1.54, 1.807) is 0 Å². The summed E-state index contributed by atoms with van der Waals surface area (Å²) in [6.07, 6.45) is 1.54. The molecule has 0 saturated carbocycles. The topological polar surface area (TPSA) is 106 Å². The van der Waals surface area contributed by atoms with E-state index >= 15 is 0 Å². The number of rotatable bonds is 4. The number of nitrogens with zero attached hydrogens (tertiary/aromatic N) is 1. The molecule has 1 aromatic rings. The first-order valence-electron chi connectivity index (χ1n) is 6.64. The first-order chi connectivity index (χ1) is 9.80. The van der Waals surface area contributed by atoms with Crippen LogP contribution in [0.25, 0.3) is 0 Å². The molecule has 0 spiro atoms. The van der Waals surface area contributed by atoms with Gasteiger partial charge in [-0.3, -0.25) is 4.79 Å². The van der Waals surface area contributed by atoms with E-state index in [-0.39, 0.29) is 22.4 Å². The van der Waals surface area contributed by atoms with Gasteiger partial charge in [0.05, 0.1) is 5.69 Å². The van der Waals surface area contributed by atoms with Crippen molar-refractivity contribution in [3.63, 3.8) is 0 Å². The molecule has 1 aromatic carbocycles. The number of nitrogens with two attached hydrogens (primary N) is 2. The molecule has 8 heteroatoms. The molecule has 1 heterocycles. The molecule has 0 atom stereocenters. The summed E-state index contributed by atoms with van der Waals surface area (Å²) in [5.74, 6) is -0.199. The molecule has 1 saturated heterocycles. The Bertz CT molecular complexity index is 640. The normalized spacial score (nSPS) is 17.8. The zero-order valence-corrected chi connectivity index (χ0v) is 13.0. The highest BCUT2D eigenvalue weighted by Gasteiger charge is 2.31. The lowest BCUT2D eigenvalue weighted by Crippen LogP contribution is -2.39. The predicted molar refractivity (Wildman–Crippen MR) is 81.2 cm³/mol. The Morgan fingerprint density at radius 2 is 1.95 bits per heavy atom. The van der Waals surface area contributed by atoms with Crippen LogP contribution in [0.15, 0.2) is 23.1 Å². The van der Waals surface area contributed by atoms with Gasteiger partial charge in [-0.1, -0.05) is 11.6 Å². The highest BCUT2D eigenvalue weighted by Crippen LogP contribution is 2.29. The van der Waals surface area contributed by atoms with Gasteiger partial charge in [0.1, 0.15) is 4.90 Å². The second-order valence-electron chi connectivity index (χ2n) is 5.20. The fourth-order valence-corrected chi connectivity index (χ4v) is 4.28. The van der Waals surface area contributed by atoms with Gasteiger partial charge in [-0.15, -0.1) is 0 Å². The first-order valence-corrected chi connectivity index (χ1v) is 8.46. The number of benzene rings is 1. The van der Waals surface area contributed by atoms with E-state index in [4.69, 9.17) is 23.1 Å². The molecule has 1 aliphatic rings. The number of anilines is 1. The Morgan fingerprint density at radius 1 is 1.33 bits per heavy atom. The van der Waals surface area contributed by atoms with Crippen molar-refractivity contribution in [2.45, 2.75) is 24.2 Å². The van der Waals surface area contributed by atoms with Gasteiger partial charge < -0.3 is 11.5 Å². The summed E-state index contributed by atoms with van der Waals surface area (Å²) in [6.45, 7) is 0.727. The van der Waals surface area contributed by atoms with Crippen LogP contribution >= 0.6 is 11.6 Å². The SMILES string of the molecule is NC(=O)CC1CCN(S(=O)(=O)c2ccc(Cl)cc2N)CC1. The van der Waals surface area contributed by atoms with Crippen LogP contribution in [0.3, 0.4) is 0 Å². The van der Waals surface area contributed by atoms with Crippen molar-refractivity contribution in [1.82, 2.24) is 4.31 Å². The van der Waals surface area contributed by atoms with Crippen molar-refractivity contribution < 1.29 is 13.2 Å². The Morgan fingerprint density at radius 3 is 2.48 bits per heavy atom. The van der Waals surface area contributed by atoms with Crippen molar-refractivity contribution in [3.8, 4) is 0 Å². The standard InChI is InChI=1S/C13H18ClN3O3S/c14-10-1-2-12(11(15)8-10)21(19,20)17-5-3-9(4-6-17)7-13(16)18/h1-2,8-9H,3-7,15H2,(H2,16,18). The molecule has 1 amide bonds. The largest absolute Gasteiger partial charge is 0.398 e. The summed E-state index contributed by atoms with van der Waals surface area (Å²) in [4.78, 5) is 11.0. The van der Waals surface area contributed by atoms with Crippen LogP contribution in [0.4, 0.5) is 5.69 Å². The Labute approximate surface area is 129 Å². The Balaban J connectivity index is 2.13. The molecule has 1 fully saturated rings. The quantitative estimate of drug-likeness (QED) is 0.808. The number of primary amides is 1. The zero-order valence-electron chi connectivity index (χ0n) is 11.5. The maximum absolute atomic E-state index is 12.6. The van der Waals surface area contributed by atoms with Gasteiger partial charge in [-0.2, -0.15) is 4.31 Å². The summed E-state index contributed by atoms with van der Waals surface area (Å²) in [7, 11) is -3.63. The second-order valence-corrected chi connectivity index (χ2v) is 7.54. The zero-order chi connectivity index (χ0) is 15.6. The molecule has 4 N–H and O–H groups in total. The molecule has 0 bridgehead atoms. The minimum absolute atomic E-state index is 0.0697. The maximum Gasteiger partial charge on any atom is 0.245 e. The number of carbonyl (C=O) groups excluding carboxylic acids is 1. The Kier molecular flexibility index (Phi) is 4.75. The van der Waals surface area contributed by atoms with Gasteiger partial charge in [0.15, 0.2) is 0 Å². The van der Waals surface area contributed by atoms with Crippen molar-refractivity contribution in [3.05, 3.63) is 23.2 Å². The third kappa shape index (κ3) is 3.66. The minimum Gasteiger partial charge on any atom is -0.398 e. The first kappa shape index (κ1) is 16.1.